The Hall–Kier alpha value is -2.95. The topological polar surface area (TPSA) is 61.2 Å². The molecule has 1 aliphatic rings. The Kier molecular flexibility index (Phi) is 3.64. The molecule has 5 nitrogen and oxygen atoms in total. The van der Waals surface area contributed by atoms with E-state index in [1.807, 2.05) is 37.3 Å². The molecule has 0 saturated heterocycles. The van der Waals surface area contributed by atoms with Gasteiger partial charge in [0, 0.05) is 17.4 Å². The normalized spacial score (nSPS) is 12.1. The van der Waals surface area contributed by atoms with E-state index in [0.29, 0.717) is 18.5 Å². The van der Waals surface area contributed by atoms with Gasteiger partial charge in [0.05, 0.1) is 29.0 Å². The van der Waals surface area contributed by atoms with Crippen molar-refractivity contribution in [2.75, 3.05) is 0 Å². The molecular weight excluding hydrogens is 316 g/mol. The lowest BCUT2D eigenvalue weighted by Crippen LogP contribution is -2.25. The standard InChI is InChI=1S/C20H18N2O3/c1-3-18(23)25-11-15-12(2)8-17-19-14(10-22(17)20(15)24)9-13-6-4-5-7-16(13)21-19/h4-9H,3,10-11H2,1-2H3. The van der Waals surface area contributed by atoms with Crippen LogP contribution in [0.3, 0.4) is 0 Å². The summed E-state index contributed by atoms with van der Waals surface area (Å²) in [5.74, 6) is -0.305. The van der Waals surface area contributed by atoms with Gasteiger partial charge in [0.1, 0.15) is 6.61 Å². The molecule has 0 unspecified atom stereocenters. The van der Waals surface area contributed by atoms with E-state index < -0.39 is 0 Å². The van der Waals surface area contributed by atoms with E-state index in [1.165, 1.54) is 0 Å². The lowest BCUT2D eigenvalue weighted by molar-refractivity contribution is -0.144. The molecule has 25 heavy (non-hydrogen) atoms. The number of hydrogen-bond donors (Lipinski definition) is 0. The largest absolute Gasteiger partial charge is 0.461 e. The number of aromatic nitrogens is 2. The fourth-order valence-electron chi connectivity index (χ4n) is 3.27. The van der Waals surface area contributed by atoms with Gasteiger partial charge in [0.25, 0.3) is 5.56 Å². The lowest BCUT2D eigenvalue weighted by Gasteiger charge is -2.10. The third-order valence-corrected chi connectivity index (χ3v) is 4.66. The highest BCUT2D eigenvalue weighted by atomic mass is 16.5. The van der Waals surface area contributed by atoms with Crippen LogP contribution in [0, 0.1) is 6.92 Å². The van der Waals surface area contributed by atoms with Crippen LogP contribution in [0.4, 0.5) is 0 Å². The molecule has 0 fully saturated rings. The van der Waals surface area contributed by atoms with Gasteiger partial charge in [-0.2, -0.15) is 0 Å². The summed E-state index contributed by atoms with van der Waals surface area (Å²) in [6.45, 7) is 4.12. The van der Waals surface area contributed by atoms with Crippen molar-refractivity contribution in [3.8, 4) is 11.4 Å². The monoisotopic (exact) mass is 334 g/mol. The molecule has 0 amide bonds. The summed E-state index contributed by atoms with van der Waals surface area (Å²) in [5.41, 5.74) is 4.88. The highest BCUT2D eigenvalue weighted by molar-refractivity contribution is 5.83. The number of benzene rings is 1. The second-order valence-corrected chi connectivity index (χ2v) is 6.29. The van der Waals surface area contributed by atoms with Gasteiger partial charge in [0.2, 0.25) is 0 Å². The minimum Gasteiger partial charge on any atom is -0.461 e. The van der Waals surface area contributed by atoms with Crippen LogP contribution in [0.25, 0.3) is 22.3 Å². The Labute approximate surface area is 144 Å². The van der Waals surface area contributed by atoms with Gasteiger partial charge in [-0.05, 0) is 30.7 Å². The summed E-state index contributed by atoms with van der Waals surface area (Å²) >= 11 is 0. The van der Waals surface area contributed by atoms with Gasteiger partial charge >= 0.3 is 5.97 Å². The first-order valence-electron chi connectivity index (χ1n) is 8.36. The highest BCUT2D eigenvalue weighted by Gasteiger charge is 2.24. The first kappa shape index (κ1) is 15.6. The van der Waals surface area contributed by atoms with Crippen molar-refractivity contribution in [2.24, 2.45) is 0 Å². The van der Waals surface area contributed by atoms with E-state index in [9.17, 15) is 9.59 Å². The predicted molar refractivity (Wildman–Crippen MR) is 95.4 cm³/mol. The molecule has 0 radical (unpaired) electrons. The molecule has 0 aliphatic carbocycles. The van der Waals surface area contributed by atoms with Gasteiger partial charge in [-0.3, -0.25) is 9.59 Å². The smallest absolute Gasteiger partial charge is 0.305 e. The van der Waals surface area contributed by atoms with Crippen LogP contribution in [0.2, 0.25) is 0 Å². The molecule has 3 aromatic rings. The number of esters is 1. The zero-order valence-electron chi connectivity index (χ0n) is 14.2. The third-order valence-electron chi connectivity index (χ3n) is 4.66. The zero-order chi connectivity index (χ0) is 17.6. The van der Waals surface area contributed by atoms with Crippen molar-refractivity contribution in [1.29, 1.82) is 0 Å². The van der Waals surface area contributed by atoms with Gasteiger partial charge in [-0.1, -0.05) is 25.1 Å². The molecule has 0 spiro atoms. The summed E-state index contributed by atoms with van der Waals surface area (Å²) in [4.78, 5) is 29.1. The van der Waals surface area contributed by atoms with Gasteiger partial charge in [-0.15, -0.1) is 0 Å². The number of hydrogen-bond acceptors (Lipinski definition) is 4. The number of ether oxygens (including phenoxy) is 1. The summed E-state index contributed by atoms with van der Waals surface area (Å²) in [6.07, 6.45) is 0.299. The van der Waals surface area contributed by atoms with Crippen molar-refractivity contribution in [3.63, 3.8) is 0 Å². The molecular formula is C20H18N2O3. The second-order valence-electron chi connectivity index (χ2n) is 6.29. The van der Waals surface area contributed by atoms with E-state index in [-0.39, 0.29) is 18.1 Å². The van der Waals surface area contributed by atoms with Crippen molar-refractivity contribution >= 4 is 16.9 Å². The van der Waals surface area contributed by atoms with Crippen molar-refractivity contribution in [2.45, 2.75) is 33.4 Å². The van der Waals surface area contributed by atoms with Gasteiger partial charge < -0.3 is 9.30 Å². The average molecular weight is 334 g/mol. The summed E-state index contributed by atoms with van der Waals surface area (Å²) < 4.78 is 6.89. The Morgan fingerprint density at radius 1 is 1.28 bits per heavy atom. The number of fused-ring (bicyclic) bond motifs is 4. The number of rotatable bonds is 3. The Bertz CT molecular complexity index is 1070. The number of pyridine rings is 2. The molecule has 1 aromatic carbocycles. The van der Waals surface area contributed by atoms with Crippen LogP contribution in [0.1, 0.15) is 30.0 Å². The number of carbonyl (C=O) groups excluding carboxylic acids is 1. The van der Waals surface area contributed by atoms with Crippen molar-refractivity contribution < 1.29 is 9.53 Å². The van der Waals surface area contributed by atoms with Crippen molar-refractivity contribution in [1.82, 2.24) is 9.55 Å². The summed E-state index contributed by atoms with van der Waals surface area (Å²) in [5, 5.41) is 1.07. The molecule has 0 bridgehead atoms. The average Bonchev–Trinajstić information content (AvgIpc) is 2.97. The first-order valence-corrected chi connectivity index (χ1v) is 8.36. The molecule has 2 aromatic heterocycles. The number of para-hydroxylation sites is 1. The Morgan fingerprint density at radius 2 is 2.08 bits per heavy atom. The third kappa shape index (κ3) is 2.52. The molecule has 5 heteroatoms. The predicted octanol–water partition coefficient (Wildman–Crippen LogP) is 3.19. The molecule has 3 heterocycles. The lowest BCUT2D eigenvalue weighted by atomic mass is 10.1. The quantitative estimate of drug-likeness (QED) is 0.540. The molecule has 4 rings (SSSR count). The molecule has 0 atom stereocenters. The van der Waals surface area contributed by atoms with E-state index in [1.54, 1.807) is 11.5 Å². The Morgan fingerprint density at radius 3 is 2.88 bits per heavy atom. The number of aryl methyl sites for hydroxylation is 1. The minimum atomic E-state index is -0.305. The van der Waals surface area contributed by atoms with Crippen molar-refractivity contribution in [3.05, 3.63) is 63.4 Å². The van der Waals surface area contributed by atoms with E-state index >= 15 is 0 Å². The first-order chi connectivity index (χ1) is 12.1. The van der Waals surface area contributed by atoms with E-state index in [0.717, 1.165) is 33.4 Å². The van der Waals surface area contributed by atoms with Gasteiger partial charge in [-0.25, -0.2) is 4.98 Å². The maximum Gasteiger partial charge on any atom is 0.305 e. The summed E-state index contributed by atoms with van der Waals surface area (Å²) in [7, 11) is 0. The van der Waals surface area contributed by atoms with Crippen LogP contribution in [-0.4, -0.2) is 15.5 Å². The SMILES string of the molecule is CCC(=O)OCc1c(C)cc2n(c1=O)Cc1cc3ccccc3nc1-2. The zero-order valence-corrected chi connectivity index (χ0v) is 14.2. The summed E-state index contributed by atoms with van der Waals surface area (Å²) in [6, 6.07) is 12.0. The number of carbonyl (C=O) groups is 1. The van der Waals surface area contributed by atoms with Crippen LogP contribution < -0.4 is 5.56 Å². The minimum absolute atomic E-state index is 0.0172. The number of nitrogens with zero attached hydrogens (tertiary/aromatic N) is 2. The van der Waals surface area contributed by atoms with Crippen LogP contribution >= 0.6 is 0 Å². The maximum atomic E-state index is 12.9. The van der Waals surface area contributed by atoms with Crippen LogP contribution in [-0.2, 0) is 22.7 Å². The van der Waals surface area contributed by atoms with Crippen LogP contribution in [0.15, 0.2) is 41.2 Å². The molecule has 0 N–H and O–H groups in total. The second kappa shape index (κ2) is 5.84. The van der Waals surface area contributed by atoms with Crippen LogP contribution in [0.5, 0.6) is 0 Å². The fourth-order valence-corrected chi connectivity index (χ4v) is 3.27. The van der Waals surface area contributed by atoms with E-state index in [2.05, 4.69) is 6.07 Å². The van der Waals surface area contributed by atoms with Gasteiger partial charge in [0.15, 0.2) is 0 Å². The van der Waals surface area contributed by atoms with E-state index in [4.69, 9.17) is 9.72 Å². The fraction of sp³-hybridized carbons (Fsp3) is 0.250. The molecule has 126 valence electrons. The Balaban J connectivity index is 1.81. The highest BCUT2D eigenvalue weighted by Crippen LogP contribution is 2.32. The maximum absolute atomic E-state index is 12.9. The molecule has 1 aliphatic heterocycles. The molecule has 0 saturated carbocycles.